The van der Waals surface area contributed by atoms with Crippen LogP contribution in [0.15, 0.2) is 36.5 Å². The van der Waals surface area contributed by atoms with Gasteiger partial charge in [0.05, 0.1) is 10.7 Å². The van der Waals surface area contributed by atoms with Crippen molar-refractivity contribution in [2.45, 2.75) is 0 Å². The molecule has 0 aliphatic carbocycles. The number of anilines is 3. The minimum Gasteiger partial charge on any atom is -0.398 e. The van der Waals surface area contributed by atoms with Crippen LogP contribution in [0.2, 0.25) is 10.2 Å². The lowest BCUT2D eigenvalue weighted by molar-refractivity contribution is 0.262. The molecular weight excluding hydrogens is 287 g/mol. The molecule has 0 saturated carbocycles. The fourth-order valence-electron chi connectivity index (χ4n) is 1.38. The molecule has 4 N–H and O–H groups in total. The van der Waals surface area contributed by atoms with Gasteiger partial charge in [-0.1, -0.05) is 23.2 Å². The number of nitrogens with zero attached hydrogens (tertiary/aromatic N) is 1. The minimum absolute atomic E-state index is 0.299. The van der Waals surface area contributed by atoms with Crippen LogP contribution < -0.4 is 16.4 Å². The molecule has 0 spiro atoms. The average molecular weight is 297 g/mol. The molecule has 19 heavy (non-hydrogen) atoms. The summed E-state index contributed by atoms with van der Waals surface area (Å²) in [6.45, 7) is 0. The van der Waals surface area contributed by atoms with Crippen molar-refractivity contribution in [3.05, 3.63) is 46.7 Å². The summed E-state index contributed by atoms with van der Waals surface area (Å²) in [7, 11) is 0. The van der Waals surface area contributed by atoms with E-state index in [9.17, 15) is 4.79 Å². The van der Waals surface area contributed by atoms with Gasteiger partial charge in [-0.15, -0.1) is 0 Å². The number of nitrogen functional groups attached to an aromatic ring is 1. The monoisotopic (exact) mass is 296 g/mol. The number of aromatic nitrogens is 1. The van der Waals surface area contributed by atoms with Crippen molar-refractivity contribution in [2.24, 2.45) is 0 Å². The van der Waals surface area contributed by atoms with Crippen LogP contribution in [0, 0.1) is 0 Å². The normalized spacial score (nSPS) is 10.0. The molecule has 0 saturated heterocycles. The molecule has 0 fully saturated rings. The van der Waals surface area contributed by atoms with Crippen LogP contribution in [-0.4, -0.2) is 11.0 Å². The first-order chi connectivity index (χ1) is 9.04. The highest BCUT2D eigenvalue weighted by Gasteiger charge is 2.05. The molecule has 5 nitrogen and oxygen atoms in total. The van der Waals surface area contributed by atoms with E-state index in [2.05, 4.69) is 15.6 Å². The second-order valence-electron chi connectivity index (χ2n) is 3.68. The highest BCUT2D eigenvalue weighted by molar-refractivity contribution is 6.33. The van der Waals surface area contributed by atoms with E-state index >= 15 is 0 Å². The Balaban J connectivity index is 2.03. The zero-order chi connectivity index (χ0) is 13.8. The Morgan fingerprint density at radius 3 is 2.42 bits per heavy atom. The Bertz CT molecular complexity index is 618. The number of hydrogen-bond acceptors (Lipinski definition) is 3. The van der Waals surface area contributed by atoms with Gasteiger partial charge in [0, 0.05) is 17.6 Å². The molecule has 0 aliphatic rings. The molecule has 1 heterocycles. The lowest BCUT2D eigenvalue weighted by atomic mass is 10.3. The third-order valence-corrected chi connectivity index (χ3v) is 2.78. The maximum atomic E-state index is 11.7. The van der Waals surface area contributed by atoms with Crippen molar-refractivity contribution in [2.75, 3.05) is 16.4 Å². The van der Waals surface area contributed by atoms with Crippen LogP contribution >= 0.6 is 23.2 Å². The molecule has 7 heteroatoms. The molecule has 2 amide bonds. The van der Waals surface area contributed by atoms with Crippen molar-refractivity contribution < 1.29 is 4.79 Å². The zero-order valence-corrected chi connectivity index (χ0v) is 11.2. The molecule has 2 aromatic rings. The zero-order valence-electron chi connectivity index (χ0n) is 9.65. The Morgan fingerprint density at radius 2 is 1.79 bits per heavy atom. The molecule has 0 atom stereocenters. The Labute approximate surface area is 119 Å². The summed E-state index contributed by atoms with van der Waals surface area (Å²) in [4.78, 5) is 15.5. The van der Waals surface area contributed by atoms with Gasteiger partial charge >= 0.3 is 6.03 Å². The summed E-state index contributed by atoms with van der Waals surface area (Å²) in [6.07, 6.45) is 1.50. The van der Waals surface area contributed by atoms with E-state index in [4.69, 9.17) is 28.9 Å². The second-order valence-corrected chi connectivity index (χ2v) is 4.48. The van der Waals surface area contributed by atoms with Crippen LogP contribution in [0.1, 0.15) is 0 Å². The number of nitrogens with two attached hydrogens (primary N) is 1. The molecule has 0 bridgehead atoms. The summed E-state index contributed by atoms with van der Waals surface area (Å²) < 4.78 is 0. The number of hydrogen-bond donors (Lipinski definition) is 3. The van der Waals surface area contributed by atoms with Crippen molar-refractivity contribution in [3.63, 3.8) is 0 Å². The quantitative estimate of drug-likeness (QED) is 0.585. The third-order valence-electron chi connectivity index (χ3n) is 2.24. The van der Waals surface area contributed by atoms with Gasteiger partial charge in [0.1, 0.15) is 5.15 Å². The van der Waals surface area contributed by atoms with Crippen LogP contribution in [0.3, 0.4) is 0 Å². The van der Waals surface area contributed by atoms with E-state index in [0.717, 1.165) is 0 Å². The van der Waals surface area contributed by atoms with E-state index in [-0.39, 0.29) is 0 Å². The Morgan fingerprint density at radius 1 is 1.11 bits per heavy atom. The van der Waals surface area contributed by atoms with Gasteiger partial charge in [-0.25, -0.2) is 9.78 Å². The molecule has 98 valence electrons. The number of pyridine rings is 1. The summed E-state index contributed by atoms with van der Waals surface area (Å²) in [5.41, 5.74) is 7.11. The van der Waals surface area contributed by atoms with E-state index in [1.165, 1.54) is 12.3 Å². The Hall–Kier alpha value is -1.98. The highest BCUT2D eigenvalue weighted by Crippen LogP contribution is 2.22. The molecule has 0 unspecified atom stereocenters. The molecule has 1 aromatic carbocycles. The van der Waals surface area contributed by atoms with Gasteiger partial charge in [0.2, 0.25) is 0 Å². The number of halogens is 2. The van der Waals surface area contributed by atoms with Crippen molar-refractivity contribution in [3.8, 4) is 0 Å². The number of nitrogens with one attached hydrogen (secondary N) is 2. The fourth-order valence-corrected chi connectivity index (χ4v) is 1.73. The number of carbonyl (C=O) groups is 1. The maximum absolute atomic E-state index is 11.7. The third kappa shape index (κ3) is 3.74. The number of urea groups is 1. The Kier molecular flexibility index (Phi) is 4.09. The topological polar surface area (TPSA) is 80.0 Å². The SMILES string of the molecule is Nc1ccc(NC(=O)Nc2ccnc(Cl)c2)cc1Cl. The van der Waals surface area contributed by atoms with E-state index < -0.39 is 6.03 Å². The van der Waals surface area contributed by atoms with Crippen LogP contribution in [0.25, 0.3) is 0 Å². The van der Waals surface area contributed by atoms with Gasteiger partial charge < -0.3 is 16.4 Å². The van der Waals surface area contributed by atoms with Crippen molar-refractivity contribution >= 4 is 46.3 Å². The van der Waals surface area contributed by atoms with E-state index in [1.807, 2.05) is 0 Å². The van der Waals surface area contributed by atoms with Gasteiger partial charge in [0.15, 0.2) is 0 Å². The number of amides is 2. The summed E-state index contributed by atoms with van der Waals surface area (Å²) in [5.74, 6) is 0. The van der Waals surface area contributed by atoms with Gasteiger partial charge in [0.25, 0.3) is 0 Å². The summed E-state index contributed by atoms with van der Waals surface area (Å²) in [6, 6.07) is 7.58. The van der Waals surface area contributed by atoms with E-state index in [0.29, 0.717) is 27.2 Å². The minimum atomic E-state index is -0.414. The highest BCUT2D eigenvalue weighted by atomic mass is 35.5. The largest absolute Gasteiger partial charge is 0.398 e. The number of carbonyl (C=O) groups excluding carboxylic acids is 1. The van der Waals surface area contributed by atoms with Gasteiger partial charge in [-0.05, 0) is 30.3 Å². The number of benzene rings is 1. The predicted molar refractivity (Wildman–Crippen MR) is 77.8 cm³/mol. The van der Waals surface area contributed by atoms with Crippen molar-refractivity contribution in [1.29, 1.82) is 0 Å². The van der Waals surface area contributed by atoms with Gasteiger partial charge in [-0.3, -0.25) is 0 Å². The molecule has 0 aliphatic heterocycles. The predicted octanol–water partition coefficient (Wildman–Crippen LogP) is 3.61. The maximum Gasteiger partial charge on any atom is 0.323 e. The first kappa shape index (κ1) is 13.5. The molecule has 1 aromatic heterocycles. The first-order valence-electron chi connectivity index (χ1n) is 5.29. The van der Waals surface area contributed by atoms with Crippen LogP contribution in [-0.2, 0) is 0 Å². The van der Waals surface area contributed by atoms with Gasteiger partial charge in [-0.2, -0.15) is 0 Å². The molecule has 0 radical (unpaired) electrons. The lowest BCUT2D eigenvalue weighted by Gasteiger charge is -2.08. The molecular formula is C12H10Cl2N4O. The standard InChI is InChI=1S/C12H10Cl2N4O/c13-9-5-7(1-2-10(9)15)17-12(19)18-8-3-4-16-11(14)6-8/h1-6H,15H2,(H2,16,17,18,19). The fraction of sp³-hybridized carbons (Fsp3) is 0. The molecule has 2 rings (SSSR count). The van der Waals surface area contributed by atoms with Crippen LogP contribution in [0.4, 0.5) is 21.9 Å². The van der Waals surface area contributed by atoms with E-state index in [1.54, 1.807) is 24.3 Å². The van der Waals surface area contributed by atoms with Crippen molar-refractivity contribution in [1.82, 2.24) is 4.98 Å². The summed E-state index contributed by atoms with van der Waals surface area (Å²) in [5, 5.41) is 5.92. The first-order valence-corrected chi connectivity index (χ1v) is 6.05. The van der Waals surface area contributed by atoms with Crippen LogP contribution in [0.5, 0.6) is 0 Å². The number of rotatable bonds is 2. The second kappa shape index (κ2) is 5.77. The summed E-state index contributed by atoms with van der Waals surface area (Å²) >= 11 is 11.6. The average Bonchev–Trinajstić information content (AvgIpc) is 2.34. The smallest absolute Gasteiger partial charge is 0.323 e. The lowest BCUT2D eigenvalue weighted by Crippen LogP contribution is -2.19.